The van der Waals surface area contributed by atoms with Gasteiger partial charge in [0.2, 0.25) is 0 Å². The molecule has 0 aromatic heterocycles. The first-order valence-electron chi connectivity index (χ1n) is 5.29. The van der Waals surface area contributed by atoms with Crippen molar-refractivity contribution in [2.75, 3.05) is 25.1 Å². The Bertz CT molecular complexity index is 346. The molecular formula is C13H17NO2. The number of carbonyl (C=O) groups excluding carboxylic acids is 1. The first-order valence-corrected chi connectivity index (χ1v) is 5.29. The third kappa shape index (κ3) is 4.17. The molecule has 0 fully saturated rings. The van der Waals surface area contributed by atoms with E-state index in [4.69, 9.17) is 4.74 Å². The Morgan fingerprint density at radius 3 is 2.69 bits per heavy atom. The van der Waals surface area contributed by atoms with Crippen LogP contribution in [0.25, 0.3) is 0 Å². The molecule has 0 amide bonds. The van der Waals surface area contributed by atoms with Crippen molar-refractivity contribution >= 4 is 11.7 Å². The molecule has 0 radical (unpaired) electrons. The fraction of sp³-hybridized carbons (Fsp3) is 0.308. The monoisotopic (exact) mass is 219 g/mol. The first kappa shape index (κ1) is 12.3. The van der Waals surface area contributed by atoms with Crippen molar-refractivity contribution in [3.05, 3.63) is 42.5 Å². The SMILES string of the molecule is CC=CC(=O)OCCN(C)c1ccccc1. The van der Waals surface area contributed by atoms with Crippen LogP contribution in [0.3, 0.4) is 0 Å². The summed E-state index contributed by atoms with van der Waals surface area (Å²) in [5.74, 6) is -0.288. The number of rotatable bonds is 5. The molecule has 0 aliphatic carbocycles. The van der Waals surface area contributed by atoms with Gasteiger partial charge in [-0.15, -0.1) is 0 Å². The maximum absolute atomic E-state index is 11.0. The zero-order chi connectivity index (χ0) is 11.8. The summed E-state index contributed by atoms with van der Waals surface area (Å²) in [6.07, 6.45) is 3.09. The van der Waals surface area contributed by atoms with E-state index in [1.165, 1.54) is 6.08 Å². The predicted molar refractivity (Wildman–Crippen MR) is 65.5 cm³/mol. The number of anilines is 1. The van der Waals surface area contributed by atoms with Crippen LogP contribution < -0.4 is 4.90 Å². The molecule has 0 N–H and O–H groups in total. The number of likely N-dealkylation sites (N-methyl/N-ethyl adjacent to an activating group) is 1. The summed E-state index contributed by atoms with van der Waals surface area (Å²) < 4.78 is 5.01. The van der Waals surface area contributed by atoms with Crippen molar-refractivity contribution in [2.24, 2.45) is 0 Å². The van der Waals surface area contributed by atoms with Crippen molar-refractivity contribution in [1.82, 2.24) is 0 Å². The summed E-state index contributed by atoms with van der Waals surface area (Å²) in [5.41, 5.74) is 1.12. The van der Waals surface area contributed by atoms with Crippen LogP contribution in [0.4, 0.5) is 5.69 Å². The number of ether oxygens (including phenoxy) is 1. The fourth-order valence-electron chi connectivity index (χ4n) is 1.28. The van der Waals surface area contributed by atoms with Gasteiger partial charge in [0.05, 0.1) is 6.54 Å². The number of esters is 1. The standard InChI is InChI=1S/C13H17NO2/c1-3-7-13(15)16-11-10-14(2)12-8-5-4-6-9-12/h3-9H,10-11H2,1-2H3. The molecule has 0 saturated carbocycles. The quantitative estimate of drug-likeness (QED) is 0.562. The second kappa shape index (κ2) is 6.67. The number of nitrogens with zero attached hydrogens (tertiary/aromatic N) is 1. The van der Waals surface area contributed by atoms with Crippen LogP contribution in [-0.4, -0.2) is 26.2 Å². The lowest BCUT2D eigenvalue weighted by molar-refractivity contribution is -0.137. The molecule has 1 aromatic rings. The molecule has 0 aliphatic rings. The summed E-state index contributed by atoms with van der Waals surface area (Å²) in [4.78, 5) is 13.1. The van der Waals surface area contributed by atoms with Gasteiger partial charge in [-0.2, -0.15) is 0 Å². The summed E-state index contributed by atoms with van der Waals surface area (Å²) in [5, 5.41) is 0. The molecule has 0 saturated heterocycles. The van der Waals surface area contributed by atoms with Gasteiger partial charge in [-0.05, 0) is 19.1 Å². The molecule has 0 atom stereocenters. The molecule has 86 valence electrons. The number of para-hydroxylation sites is 1. The maximum atomic E-state index is 11.0. The highest BCUT2D eigenvalue weighted by Gasteiger charge is 2.01. The van der Waals surface area contributed by atoms with Crippen LogP contribution in [-0.2, 0) is 9.53 Å². The highest BCUT2D eigenvalue weighted by Crippen LogP contribution is 2.09. The summed E-state index contributed by atoms with van der Waals surface area (Å²) >= 11 is 0. The number of allylic oxidation sites excluding steroid dienone is 1. The van der Waals surface area contributed by atoms with Gasteiger partial charge in [0.25, 0.3) is 0 Å². The lowest BCUT2D eigenvalue weighted by Gasteiger charge is -2.18. The third-order valence-electron chi connectivity index (χ3n) is 2.17. The summed E-state index contributed by atoms with van der Waals surface area (Å²) in [6, 6.07) is 9.99. The molecule has 1 rings (SSSR count). The van der Waals surface area contributed by atoms with Gasteiger partial charge in [-0.3, -0.25) is 0 Å². The van der Waals surface area contributed by atoms with Gasteiger partial charge < -0.3 is 9.64 Å². The Morgan fingerprint density at radius 2 is 2.06 bits per heavy atom. The minimum absolute atomic E-state index is 0.288. The molecule has 0 bridgehead atoms. The second-order valence-electron chi connectivity index (χ2n) is 3.42. The van der Waals surface area contributed by atoms with Crippen molar-refractivity contribution in [3.8, 4) is 0 Å². The van der Waals surface area contributed by atoms with Gasteiger partial charge in [0, 0.05) is 18.8 Å². The van der Waals surface area contributed by atoms with Crippen LogP contribution >= 0.6 is 0 Å². The lowest BCUT2D eigenvalue weighted by Crippen LogP contribution is -2.23. The average molecular weight is 219 g/mol. The maximum Gasteiger partial charge on any atom is 0.330 e. The van der Waals surface area contributed by atoms with E-state index in [2.05, 4.69) is 0 Å². The molecule has 0 aliphatic heterocycles. The van der Waals surface area contributed by atoms with E-state index in [1.54, 1.807) is 13.0 Å². The van der Waals surface area contributed by atoms with Crippen molar-refractivity contribution in [1.29, 1.82) is 0 Å². The van der Waals surface area contributed by atoms with Crippen LogP contribution in [0.2, 0.25) is 0 Å². The molecule has 1 aromatic carbocycles. The van der Waals surface area contributed by atoms with E-state index in [9.17, 15) is 4.79 Å². The third-order valence-corrected chi connectivity index (χ3v) is 2.17. The normalized spacial score (nSPS) is 10.4. The summed E-state index contributed by atoms with van der Waals surface area (Å²) in [7, 11) is 1.97. The van der Waals surface area contributed by atoms with Crippen LogP contribution in [0.5, 0.6) is 0 Å². The minimum atomic E-state index is -0.288. The van der Waals surface area contributed by atoms with Gasteiger partial charge in [-0.1, -0.05) is 24.3 Å². The zero-order valence-corrected chi connectivity index (χ0v) is 9.72. The first-order chi connectivity index (χ1) is 7.74. The largest absolute Gasteiger partial charge is 0.461 e. The van der Waals surface area contributed by atoms with E-state index >= 15 is 0 Å². The fourth-order valence-corrected chi connectivity index (χ4v) is 1.28. The average Bonchev–Trinajstić information content (AvgIpc) is 2.30. The van der Waals surface area contributed by atoms with Gasteiger partial charge in [0.1, 0.15) is 6.61 Å². The molecule has 0 heterocycles. The summed E-state index contributed by atoms with van der Waals surface area (Å²) in [6.45, 7) is 2.87. The lowest BCUT2D eigenvalue weighted by atomic mass is 10.3. The highest BCUT2D eigenvalue weighted by molar-refractivity contribution is 5.81. The molecule has 3 heteroatoms. The zero-order valence-electron chi connectivity index (χ0n) is 9.72. The van der Waals surface area contributed by atoms with E-state index in [1.807, 2.05) is 42.3 Å². The number of hydrogen-bond acceptors (Lipinski definition) is 3. The van der Waals surface area contributed by atoms with Crippen molar-refractivity contribution in [2.45, 2.75) is 6.92 Å². The Morgan fingerprint density at radius 1 is 1.38 bits per heavy atom. The smallest absolute Gasteiger partial charge is 0.330 e. The molecule has 0 spiro atoms. The van der Waals surface area contributed by atoms with Gasteiger partial charge >= 0.3 is 5.97 Å². The number of hydrogen-bond donors (Lipinski definition) is 0. The Kier molecular flexibility index (Phi) is 5.12. The predicted octanol–water partition coefficient (Wildman–Crippen LogP) is 2.24. The Hall–Kier alpha value is -1.77. The Balaban J connectivity index is 2.31. The molecular weight excluding hydrogens is 202 g/mol. The van der Waals surface area contributed by atoms with E-state index in [0.29, 0.717) is 13.2 Å². The number of benzene rings is 1. The van der Waals surface area contributed by atoms with Gasteiger partial charge in [-0.25, -0.2) is 4.79 Å². The van der Waals surface area contributed by atoms with Crippen molar-refractivity contribution < 1.29 is 9.53 Å². The van der Waals surface area contributed by atoms with Crippen LogP contribution in [0.1, 0.15) is 6.92 Å². The minimum Gasteiger partial charge on any atom is -0.461 e. The van der Waals surface area contributed by atoms with E-state index < -0.39 is 0 Å². The van der Waals surface area contributed by atoms with Crippen molar-refractivity contribution in [3.63, 3.8) is 0 Å². The van der Waals surface area contributed by atoms with Gasteiger partial charge in [0.15, 0.2) is 0 Å². The van der Waals surface area contributed by atoms with Crippen LogP contribution in [0, 0.1) is 0 Å². The van der Waals surface area contributed by atoms with E-state index in [0.717, 1.165) is 5.69 Å². The second-order valence-corrected chi connectivity index (χ2v) is 3.42. The van der Waals surface area contributed by atoms with E-state index in [-0.39, 0.29) is 5.97 Å². The van der Waals surface area contributed by atoms with Crippen LogP contribution in [0.15, 0.2) is 42.5 Å². The molecule has 0 unspecified atom stereocenters. The number of carbonyl (C=O) groups is 1. The topological polar surface area (TPSA) is 29.5 Å². The molecule has 16 heavy (non-hydrogen) atoms. The molecule has 3 nitrogen and oxygen atoms in total. The highest BCUT2D eigenvalue weighted by atomic mass is 16.5. The Labute approximate surface area is 96.3 Å².